The van der Waals surface area contributed by atoms with Crippen LogP contribution in [0.1, 0.15) is 46.5 Å². The van der Waals surface area contributed by atoms with Gasteiger partial charge in [-0.15, -0.1) is 0 Å². The molecule has 5 rings (SSSR count). The molecule has 0 unspecified atom stereocenters. The van der Waals surface area contributed by atoms with Crippen molar-refractivity contribution in [3.8, 4) is 5.75 Å². The van der Waals surface area contributed by atoms with Crippen LogP contribution < -0.4 is 10.1 Å². The van der Waals surface area contributed by atoms with Gasteiger partial charge in [-0.25, -0.2) is 4.39 Å². The Balaban J connectivity index is 1.28. The van der Waals surface area contributed by atoms with Gasteiger partial charge in [0.25, 0.3) is 0 Å². The van der Waals surface area contributed by atoms with E-state index in [1.165, 1.54) is 12.1 Å². The molecule has 1 aliphatic carbocycles. The van der Waals surface area contributed by atoms with E-state index < -0.39 is 17.4 Å². The molecule has 0 amide bonds. The number of anilines is 1. The van der Waals surface area contributed by atoms with Crippen molar-refractivity contribution in [2.45, 2.75) is 44.2 Å². The first kappa shape index (κ1) is 24.1. The highest BCUT2D eigenvalue weighted by Crippen LogP contribution is 2.58. The van der Waals surface area contributed by atoms with Crippen molar-refractivity contribution in [3.63, 3.8) is 0 Å². The van der Waals surface area contributed by atoms with Gasteiger partial charge in [-0.3, -0.25) is 9.89 Å². The predicted molar refractivity (Wildman–Crippen MR) is 128 cm³/mol. The number of aryl methyl sites for hydroxylation is 1. The third-order valence-corrected chi connectivity index (χ3v) is 6.98. The number of Topliss-reactive ketones (excluding diaryl/α,β-unsaturated/α-hetero) is 1. The molecular formula is C27H25F4N3O2. The molecule has 1 aromatic heterocycles. The van der Waals surface area contributed by atoms with Crippen LogP contribution in [0.3, 0.4) is 0 Å². The van der Waals surface area contributed by atoms with Gasteiger partial charge in [0.05, 0.1) is 12.8 Å². The van der Waals surface area contributed by atoms with Crippen molar-refractivity contribution in [1.82, 2.24) is 10.2 Å². The molecule has 2 aliphatic rings. The fourth-order valence-corrected chi connectivity index (χ4v) is 4.70. The topological polar surface area (TPSA) is 67.0 Å². The molecular weight excluding hydrogens is 474 g/mol. The highest BCUT2D eigenvalue weighted by Gasteiger charge is 2.65. The van der Waals surface area contributed by atoms with Gasteiger partial charge >= 0.3 is 6.18 Å². The maximum atomic E-state index is 14.9. The standard InChI is InChI=1S/C27H25F4N3O2/c1-15-7-23-18(11-24(15)36-2)8-19(14-32-23)16-3-4-17(22(28)10-16)9-21(35)12-20-13-25(34-33-20)26(5-6-26)27(29,30)31/h3-4,7-8,10-11,13,32H,5-6,9,12,14H2,1-2H3,(H,33,34). The van der Waals surface area contributed by atoms with Crippen molar-refractivity contribution in [2.75, 3.05) is 19.0 Å². The summed E-state index contributed by atoms with van der Waals surface area (Å²) < 4.78 is 60.2. The number of ketones is 1. The first-order valence-corrected chi connectivity index (χ1v) is 11.6. The average molecular weight is 500 g/mol. The zero-order chi connectivity index (χ0) is 25.7. The third-order valence-electron chi connectivity index (χ3n) is 6.98. The summed E-state index contributed by atoms with van der Waals surface area (Å²) in [6.07, 6.45) is -2.70. The van der Waals surface area contributed by atoms with E-state index in [2.05, 4.69) is 15.5 Å². The summed E-state index contributed by atoms with van der Waals surface area (Å²) in [4.78, 5) is 12.5. The molecule has 0 bridgehead atoms. The Hall–Kier alpha value is -3.62. The Morgan fingerprint density at radius 1 is 1.14 bits per heavy atom. The highest BCUT2D eigenvalue weighted by atomic mass is 19.4. The quantitative estimate of drug-likeness (QED) is 0.405. The Labute approximate surface area is 205 Å². The van der Waals surface area contributed by atoms with Gasteiger partial charge in [0.1, 0.15) is 22.8 Å². The Morgan fingerprint density at radius 3 is 2.58 bits per heavy atom. The molecule has 1 fully saturated rings. The summed E-state index contributed by atoms with van der Waals surface area (Å²) in [5, 5.41) is 9.68. The second-order valence-electron chi connectivity index (χ2n) is 9.49. The SMILES string of the molecule is COc1cc2c(cc1C)NCC(c1ccc(CC(=O)Cc3cc(C4(C(F)(F)F)CC4)n[nH]3)c(F)c1)=C2. The molecule has 5 nitrogen and oxygen atoms in total. The number of halogens is 4. The number of hydrogen-bond donors (Lipinski definition) is 2. The maximum absolute atomic E-state index is 14.9. The molecule has 0 radical (unpaired) electrons. The molecule has 1 saturated carbocycles. The minimum atomic E-state index is -4.37. The number of carbonyl (C=O) groups excluding carboxylic acids is 1. The van der Waals surface area contributed by atoms with Gasteiger partial charge < -0.3 is 10.1 Å². The van der Waals surface area contributed by atoms with Crippen molar-refractivity contribution >= 4 is 23.1 Å². The van der Waals surface area contributed by atoms with Gasteiger partial charge in [0.2, 0.25) is 0 Å². The Morgan fingerprint density at radius 2 is 1.92 bits per heavy atom. The lowest BCUT2D eigenvalue weighted by Crippen LogP contribution is -2.28. The molecule has 2 N–H and O–H groups in total. The smallest absolute Gasteiger partial charge is 0.400 e. The summed E-state index contributed by atoms with van der Waals surface area (Å²) in [6, 6.07) is 9.99. The van der Waals surface area contributed by atoms with Crippen LogP contribution in [0, 0.1) is 12.7 Å². The molecule has 188 valence electrons. The van der Waals surface area contributed by atoms with Crippen molar-refractivity contribution < 1.29 is 27.1 Å². The number of methoxy groups -OCH3 is 1. The number of rotatable bonds is 7. The van der Waals surface area contributed by atoms with E-state index in [-0.39, 0.29) is 42.7 Å². The van der Waals surface area contributed by atoms with Crippen molar-refractivity contribution in [3.05, 3.63) is 75.9 Å². The Bertz CT molecular complexity index is 1370. The lowest BCUT2D eigenvalue weighted by Gasteiger charge is -2.21. The highest BCUT2D eigenvalue weighted by molar-refractivity contribution is 5.91. The number of ether oxygens (including phenoxy) is 1. The van der Waals surface area contributed by atoms with Crippen LogP contribution in [0.2, 0.25) is 0 Å². The normalized spacial score (nSPS) is 16.1. The first-order chi connectivity index (χ1) is 17.1. The number of H-pyrrole nitrogens is 1. The van der Waals surface area contributed by atoms with E-state index in [0.717, 1.165) is 28.1 Å². The number of carbonyl (C=O) groups is 1. The maximum Gasteiger partial charge on any atom is 0.400 e. The van der Waals surface area contributed by atoms with Crippen LogP contribution in [0.25, 0.3) is 11.6 Å². The molecule has 0 spiro atoms. The van der Waals surface area contributed by atoms with E-state index in [1.54, 1.807) is 19.2 Å². The van der Waals surface area contributed by atoms with Crippen LogP contribution in [-0.4, -0.2) is 35.8 Å². The molecule has 0 saturated heterocycles. The predicted octanol–water partition coefficient (Wildman–Crippen LogP) is 5.78. The number of aromatic amines is 1. The van der Waals surface area contributed by atoms with Crippen LogP contribution in [-0.2, 0) is 23.1 Å². The van der Waals surface area contributed by atoms with Gasteiger partial charge in [-0.05, 0) is 72.4 Å². The first-order valence-electron chi connectivity index (χ1n) is 11.6. The summed E-state index contributed by atoms with van der Waals surface area (Å²) in [5.74, 6) is -0.0554. The van der Waals surface area contributed by atoms with Gasteiger partial charge in [-0.1, -0.05) is 12.1 Å². The zero-order valence-electron chi connectivity index (χ0n) is 19.9. The largest absolute Gasteiger partial charge is 0.496 e. The van der Waals surface area contributed by atoms with Gasteiger partial charge in [0.15, 0.2) is 0 Å². The molecule has 1 aliphatic heterocycles. The van der Waals surface area contributed by atoms with E-state index in [9.17, 15) is 22.4 Å². The molecule has 0 atom stereocenters. The number of benzene rings is 2. The number of fused-ring (bicyclic) bond motifs is 1. The molecule has 36 heavy (non-hydrogen) atoms. The van der Waals surface area contributed by atoms with E-state index in [1.807, 2.05) is 25.1 Å². The number of alkyl halides is 3. The molecule has 2 heterocycles. The van der Waals surface area contributed by atoms with E-state index >= 15 is 0 Å². The van der Waals surface area contributed by atoms with Crippen LogP contribution >= 0.6 is 0 Å². The van der Waals surface area contributed by atoms with E-state index in [4.69, 9.17) is 4.74 Å². The average Bonchev–Trinajstić information content (AvgIpc) is 3.53. The lowest BCUT2D eigenvalue weighted by atomic mass is 9.95. The number of hydrogen-bond acceptors (Lipinski definition) is 4. The van der Waals surface area contributed by atoms with E-state index in [0.29, 0.717) is 17.8 Å². The zero-order valence-corrected chi connectivity index (χ0v) is 19.9. The Kier molecular flexibility index (Phi) is 5.89. The molecule has 3 aromatic rings. The van der Waals surface area contributed by atoms with Crippen LogP contribution in [0.5, 0.6) is 5.75 Å². The number of aromatic nitrogens is 2. The fraction of sp³-hybridized carbons (Fsp3) is 0.333. The summed E-state index contributed by atoms with van der Waals surface area (Å²) in [6.45, 7) is 2.49. The second kappa shape index (κ2) is 8.80. The van der Waals surface area contributed by atoms with Gasteiger partial charge in [0, 0.05) is 36.3 Å². The number of nitrogens with zero attached hydrogens (tertiary/aromatic N) is 1. The minimum Gasteiger partial charge on any atom is -0.496 e. The minimum absolute atomic E-state index is 0.00295. The molecule has 9 heteroatoms. The monoisotopic (exact) mass is 499 g/mol. The molecule has 2 aromatic carbocycles. The number of nitrogens with one attached hydrogen (secondary N) is 2. The lowest BCUT2D eigenvalue weighted by molar-refractivity contribution is -0.161. The van der Waals surface area contributed by atoms with Crippen molar-refractivity contribution in [2.24, 2.45) is 0 Å². The summed E-state index contributed by atoms with van der Waals surface area (Å²) in [7, 11) is 1.61. The van der Waals surface area contributed by atoms with Crippen LogP contribution in [0.4, 0.5) is 23.2 Å². The fourth-order valence-electron chi connectivity index (χ4n) is 4.70. The summed E-state index contributed by atoms with van der Waals surface area (Å²) in [5.41, 5.74) is 3.07. The van der Waals surface area contributed by atoms with Crippen LogP contribution in [0.15, 0.2) is 36.4 Å². The third kappa shape index (κ3) is 4.38. The second-order valence-corrected chi connectivity index (χ2v) is 9.49. The van der Waals surface area contributed by atoms with Gasteiger partial charge in [-0.2, -0.15) is 18.3 Å². The van der Waals surface area contributed by atoms with Crippen molar-refractivity contribution in [1.29, 1.82) is 0 Å². The summed E-state index contributed by atoms with van der Waals surface area (Å²) >= 11 is 0.